The third kappa shape index (κ3) is 44.2. The van der Waals surface area contributed by atoms with Crippen molar-refractivity contribution in [3.63, 3.8) is 0 Å². The smallest absolute Gasteiger partial charge is 0.220 e. The van der Waals surface area contributed by atoms with E-state index < -0.39 is 49.5 Å². The molecule has 7 unspecified atom stereocenters. The number of carbonyl (C=O) groups is 1. The summed E-state index contributed by atoms with van der Waals surface area (Å²) in [5, 5.41) is 54.8. The Labute approximate surface area is 467 Å². The highest BCUT2D eigenvalue weighted by Gasteiger charge is 2.44. The van der Waals surface area contributed by atoms with Crippen molar-refractivity contribution in [1.82, 2.24) is 5.32 Å². The van der Waals surface area contributed by atoms with Crippen LogP contribution >= 0.6 is 0 Å². The van der Waals surface area contributed by atoms with Crippen LogP contribution in [0.1, 0.15) is 277 Å². The molecule has 0 aliphatic carbocycles. The van der Waals surface area contributed by atoms with Crippen LogP contribution in [0.5, 0.6) is 0 Å². The van der Waals surface area contributed by atoms with Gasteiger partial charge >= 0.3 is 0 Å². The predicted molar refractivity (Wildman–Crippen MR) is 322 cm³/mol. The van der Waals surface area contributed by atoms with Crippen LogP contribution in [0.2, 0.25) is 0 Å². The fourth-order valence-electron chi connectivity index (χ4n) is 9.79. The van der Waals surface area contributed by atoms with Crippen LogP contribution in [0.4, 0.5) is 0 Å². The van der Waals surface area contributed by atoms with Gasteiger partial charge in [0.05, 0.1) is 25.4 Å². The zero-order valence-electron chi connectivity index (χ0n) is 49.0. The molecule has 1 rings (SSSR count). The normalized spacial score (nSPS) is 19.4. The van der Waals surface area contributed by atoms with Gasteiger partial charge in [-0.1, -0.05) is 285 Å². The van der Waals surface area contributed by atoms with Crippen molar-refractivity contribution in [1.29, 1.82) is 0 Å². The number of rotatable bonds is 54. The van der Waals surface area contributed by atoms with E-state index in [9.17, 15) is 30.3 Å². The highest BCUT2D eigenvalue weighted by Crippen LogP contribution is 2.23. The SMILES string of the molecule is CC/C=C\C/C=C\C/C=C\C/C=C\C/C=C\C/C=C\C/C=C\CCCCCC(=O)NC(COC1OC(CO)C(O)C(O)C1O)C(O)CCCCCCCCCCCCCCCCCCCCCCCCCCCCCC. The van der Waals surface area contributed by atoms with Crippen LogP contribution < -0.4 is 5.32 Å². The molecule has 1 aliphatic rings. The Morgan fingerprint density at radius 2 is 0.816 bits per heavy atom. The Balaban J connectivity index is 2.20. The molecule has 1 saturated heterocycles. The Morgan fingerprint density at radius 3 is 1.20 bits per heavy atom. The first kappa shape index (κ1) is 71.4. The number of nitrogens with one attached hydrogen (secondary N) is 1. The number of ether oxygens (including phenoxy) is 2. The number of aliphatic hydroxyl groups is 5. The van der Waals surface area contributed by atoms with E-state index in [1.807, 2.05) is 0 Å². The summed E-state index contributed by atoms with van der Waals surface area (Å²) in [7, 11) is 0. The molecule has 0 saturated carbocycles. The van der Waals surface area contributed by atoms with Crippen LogP contribution in [-0.4, -0.2) is 87.5 Å². The van der Waals surface area contributed by atoms with Crippen molar-refractivity contribution in [2.75, 3.05) is 13.2 Å². The third-order valence-corrected chi connectivity index (χ3v) is 14.8. The average molecular weight is 1070 g/mol. The second kappa shape index (κ2) is 55.7. The summed E-state index contributed by atoms with van der Waals surface area (Å²) < 4.78 is 11.3. The van der Waals surface area contributed by atoms with E-state index in [0.717, 1.165) is 89.9 Å². The van der Waals surface area contributed by atoms with Crippen LogP contribution in [-0.2, 0) is 14.3 Å². The van der Waals surface area contributed by atoms with Gasteiger partial charge in [-0.05, 0) is 70.6 Å². The lowest BCUT2D eigenvalue weighted by Crippen LogP contribution is -2.60. The molecule has 6 N–H and O–H groups in total. The summed E-state index contributed by atoms with van der Waals surface area (Å²) in [5.41, 5.74) is 0. The number of allylic oxidation sites excluding steroid dienone is 14. The van der Waals surface area contributed by atoms with Gasteiger partial charge in [-0.3, -0.25) is 4.79 Å². The average Bonchev–Trinajstić information content (AvgIpc) is 3.42. The largest absolute Gasteiger partial charge is 0.394 e. The number of amides is 1. The molecule has 1 aliphatic heterocycles. The molecule has 0 aromatic heterocycles. The van der Waals surface area contributed by atoms with E-state index >= 15 is 0 Å². The number of carbonyl (C=O) groups excluding carboxylic acids is 1. The summed E-state index contributed by atoms with van der Waals surface area (Å²) in [6.45, 7) is 3.73. The molecule has 9 nitrogen and oxygen atoms in total. The monoisotopic (exact) mass is 1070 g/mol. The van der Waals surface area contributed by atoms with Crippen molar-refractivity contribution in [2.45, 2.75) is 320 Å². The van der Waals surface area contributed by atoms with Crippen LogP contribution in [0.15, 0.2) is 85.1 Å². The number of aliphatic hydroxyl groups excluding tert-OH is 5. The topological polar surface area (TPSA) is 149 Å². The van der Waals surface area contributed by atoms with E-state index in [1.165, 1.54) is 161 Å². The minimum Gasteiger partial charge on any atom is -0.394 e. The van der Waals surface area contributed by atoms with Crippen LogP contribution in [0.3, 0.4) is 0 Å². The molecular weight excluding hydrogens is 947 g/mol. The quantitative estimate of drug-likeness (QED) is 0.0261. The minimum absolute atomic E-state index is 0.156. The maximum Gasteiger partial charge on any atom is 0.220 e. The van der Waals surface area contributed by atoms with Crippen molar-refractivity contribution < 1.29 is 39.8 Å². The molecule has 0 aromatic carbocycles. The van der Waals surface area contributed by atoms with Gasteiger partial charge in [0.15, 0.2) is 6.29 Å². The van der Waals surface area contributed by atoms with Crippen molar-refractivity contribution in [3.05, 3.63) is 85.1 Å². The third-order valence-electron chi connectivity index (χ3n) is 14.8. The van der Waals surface area contributed by atoms with E-state index in [1.54, 1.807) is 0 Å². The molecule has 0 spiro atoms. The molecular formula is C67H119NO8. The molecule has 0 radical (unpaired) electrons. The summed E-state index contributed by atoms with van der Waals surface area (Å²) >= 11 is 0. The fourth-order valence-corrected chi connectivity index (χ4v) is 9.79. The van der Waals surface area contributed by atoms with Gasteiger partial charge in [-0.2, -0.15) is 0 Å². The standard InChI is InChI=1S/C67H119NO8/c1-3-5-7-9-11-13-15-17-19-21-23-25-27-29-30-31-33-34-36-38-40-42-44-46-48-50-52-54-56-61(70)60(59-75-67-66(74)65(73)64(72)62(58-69)76-67)68-63(71)57-55-53-51-49-47-45-43-41-39-37-35-32-28-26-24-22-20-18-16-14-12-10-8-6-4-2/h6,8,12,14,18,20,24,26,32,35,39,41,45,47,60-62,64-67,69-70,72-74H,3-5,7,9-11,13,15-17,19,21-23,25,27-31,33-34,36-38,40,42-44,46,48-59H2,1-2H3,(H,68,71)/b8-6-,14-12-,20-18-,26-24-,35-32-,41-39-,47-45-. The lowest BCUT2D eigenvalue weighted by molar-refractivity contribution is -0.302. The molecule has 76 heavy (non-hydrogen) atoms. The zero-order valence-corrected chi connectivity index (χ0v) is 49.0. The molecule has 1 fully saturated rings. The summed E-state index contributed by atoms with van der Waals surface area (Å²) in [6.07, 6.45) is 72.0. The van der Waals surface area contributed by atoms with Gasteiger partial charge in [-0.25, -0.2) is 0 Å². The molecule has 9 heteroatoms. The second-order valence-corrected chi connectivity index (χ2v) is 21.8. The van der Waals surface area contributed by atoms with Gasteiger partial charge in [-0.15, -0.1) is 0 Å². The summed E-state index contributed by atoms with van der Waals surface area (Å²) in [4.78, 5) is 13.1. The van der Waals surface area contributed by atoms with Crippen molar-refractivity contribution in [3.8, 4) is 0 Å². The maximum absolute atomic E-state index is 13.1. The first-order chi connectivity index (χ1) is 37.3. The Bertz CT molecular complexity index is 1470. The van der Waals surface area contributed by atoms with Crippen LogP contribution in [0.25, 0.3) is 0 Å². The zero-order chi connectivity index (χ0) is 55.0. The molecule has 7 atom stereocenters. The van der Waals surface area contributed by atoms with Gasteiger partial charge in [0, 0.05) is 6.42 Å². The Hall–Kier alpha value is -2.63. The Kier molecular flexibility index (Phi) is 52.3. The number of hydrogen-bond acceptors (Lipinski definition) is 8. The highest BCUT2D eigenvalue weighted by molar-refractivity contribution is 5.76. The van der Waals surface area contributed by atoms with E-state index in [-0.39, 0.29) is 12.5 Å². The number of hydrogen-bond donors (Lipinski definition) is 6. The van der Waals surface area contributed by atoms with Crippen LogP contribution in [0, 0.1) is 0 Å². The molecule has 0 aromatic rings. The lowest BCUT2D eigenvalue weighted by atomic mass is 9.99. The molecule has 1 amide bonds. The van der Waals surface area contributed by atoms with Crippen molar-refractivity contribution in [2.24, 2.45) is 0 Å². The minimum atomic E-state index is -1.57. The number of unbranched alkanes of at least 4 members (excludes halogenated alkanes) is 30. The van der Waals surface area contributed by atoms with E-state index in [2.05, 4.69) is 104 Å². The van der Waals surface area contributed by atoms with Gasteiger partial charge in [0.2, 0.25) is 5.91 Å². The highest BCUT2D eigenvalue weighted by atomic mass is 16.7. The lowest BCUT2D eigenvalue weighted by Gasteiger charge is -2.40. The molecule has 1 heterocycles. The summed E-state index contributed by atoms with van der Waals surface area (Å²) in [5.74, 6) is -0.176. The molecule has 440 valence electrons. The Morgan fingerprint density at radius 1 is 0.461 bits per heavy atom. The fraction of sp³-hybridized carbons (Fsp3) is 0.776. The van der Waals surface area contributed by atoms with Crippen molar-refractivity contribution >= 4 is 5.91 Å². The maximum atomic E-state index is 13.1. The molecule has 0 bridgehead atoms. The first-order valence-electron chi connectivity index (χ1n) is 31.8. The second-order valence-electron chi connectivity index (χ2n) is 21.8. The van der Waals surface area contributed by atoms with Gasteiger partial charge in [0.25, 0.3) is 0 Å². The predicted octanol–water partition coefficient (Wildman–Crippen LogP) is 16.6. The first-order valence-corrected chi connectivity index (χ1v) is 31.8. The van der Waals surface area contributed by atoms with Gasteiger partial charge in [0.1, 0.15) is 24.4 Å². The summed E-state index contributed by atoms with van der Waals surface area (Å²) in [6, 6.07) is -0.745. The van der Waals surface area contributed by atoms with E-state index in [0.29, 0.717) is 12.8 Å². The van der Waals surface area contributed by atoms with E-state index in [4.69, 9.17) is 9.47 Å². The van der Waals surface area contributed by atoms with Gasteiger partial charge < -0.3 is 40.3 Å².